The predicted molar refractivity (Wildman–Crippen MR) is 111 cm³/mol. The predicted octanol–water partition coefficient (Wildman–Crippen LogP) is 6.69. The van der Waals surface area contributed by atoms with Gasteiger partial charge in [-0.2, -0.15) is 5.26 Å². The molecule has 4 nitrogen and oxygen atoms in total. The highest BCUT2D eigenvalue weighted by Crippen LogP contribution is 2.34. The third kappa shape index (κ3) is 5.15. The standard InChI is InChI=1S/C23H23ClN2O2/c1-27-20-14-10-17(11-15-20)22-23(18-8-12-19(24)13-9-18)28-21(26-22)7-5-3-2-4-6-16-25/h8-15H,2-7H2,1H3. The lowest BCUT2D eigenvalue weighted by molar-refractivity contribution is 0.415. The Morgan fingerprint density at radius 3 is 2.32 bits per heavy atom. The van der Waals surface area contributed by atoms with Crippen LogP contribution in [0.3, 0.4) is 0 Å². The van der Waals surface area contributed by atoms with Crippen LogP contribution in [-0.2, 0) is 6.42 Å². The van der Waals surface area contributed by atoms with Crippen molar-refractivity contribution in [2.45, 2.75) is 38.5 Å². The molecular formula is C23H23ClN2O2. The molecule has 0 fully saturated rings. The highest BCUT2D eigenvalue weighted by Gasteiger charge is 2.17. The molecule has 144 valence electrons. The van der Waals surface area contributed by atoms with E-state index in [4.69, 9.17) is 31.0 Å². The molecule has 0 aliphatic rings. The van der Waals surface area contributed by atoms with Crippen molar-refractivity contribution in [3.63, 3.8) is 0 Å². The molecule has 3 aromatic rings. The van der Waals surface area contributed by atoms with Crippen molar-refractivity contribution in [2.75, 3.05) is 7.11 Å². The second-order valence-electron chi connectivity index (χ2n) is 6.59. The molecule has 3 rings (SSSR count). The molecule has 0 aliphatic heterocycles. The van der Waals surface area contributed by atoms with E-state index in [1.165, 1.54) is 0 Å². The summed E-state index contributed by atoms with van der Waals surface area (Å²) < 4.78 is 11.4. The first kappa shape index (κ1) is 20.0. The third-order valence-corrected chi connectivity index (χ3v) is 4.82. The van der Waals surface area contributed by atoms with E-state index in [9.17, 15) is 0 Å². The number of nitrogens with zero attached hydrogens (tertiary/aromatic N) is 2. The number of benzene rings is 2. The van der Waals surface area contributed by atoms with Crippen LogP contribution in [0.5, 0.6) is 5.75 Å². The van der Waals surface area contributed by atoms with Crippen LogP contribution in [0.1, 0.15) is 38.0 Å². The van der Waals surface area contributed by atoms with Crippen LogP contribution in [0, 0.1) is 11.3 Å². The van der Waals surface area contributed by atoms with Crippen LogP contribution in [-0.4, -0.2) is 12.1 Å². The molecule has 0 unspecified atom stereocenters. The molecular weight excluding hydrogens is 372 g/mol. The number of aromatic nitrogens is 1. The maximum absolute atomic E-state index is 8.61. The molecule has 0 saturated carbocycles. The highest BCUT2D eigenvalue weighted by molar-refractivity contribution is 6.30. The Balaban J connectivity index is 1.82. The number of aryl methyl sites for hydroxylation is 1. The summed E-state index contributed by atoms with van der Waals surface area (Å²) in [6.45, 7) is 0. The average Bonchev–Trinajstić information content (AvgIpc) is 3.15. The fourth-order valence-corrected chi connectivity index (χ4v) is 3.17. The van der Waals surface area contributed by atoms with Gasteiger partial charge < -0.3 is 9.15 Å². The van der Waals surface area contributed by atoms with Crippen LogP contribution >= 0.6 is 11.6 Å². The second kappa shape index (κ2) is 9.96. The zero-order chi connectivity index (χ0) is 19.8. The zero-order valence-corrected chi connectivity index (χ0v) is 16.7. The Hall–Kier alpha value is -2.77. The molecule has 1 heterocycles. The summed E-state index contributed by atoms with van der Waals surface area (Å²) in [6, 6.07) is 17.6. The summed E-state index contributed by atoms with van der Waals surface area (Å²) in [5.74, 6) is 2.29. The molecule has 0 N–H and O–H groups in total. The topological polar surface area (TPSA) is 59.0 Å². The van der Waals surface area contributed by atoms with Gasteiger partial charge in [0.05, 0.1) is 13.2 Å². The van der Waals surface area contributed by atoms with Crippen molar-refractivity contribution in [2.24, 2.45) is 0 Å². The smallest absolute Gasteiger partial charge is 0.195 e. The van der Waals surface area contributed by atoms with E-state index >= 15 is 0 Å². The van der Waals surface area contributed by atoms with Crippen LogP contribution in [0.15, 0.2) is 52.9 Å². The minimum Gasteiger partial charge on any atom is -0.497 e. The van der Waals surface area contributed by atoms with Crippen molar-refractivity contribution in [3.8, 4) is 34.4 Å². The van der Waals surface area contributed by atoms with Crippen molar-refractivity contribution in [3.05, 3.63) is 59.4 Å². The Morgan fingerprint density at radius 2 is 1.64 bits per heavy atom. The van der Waals surface area contributed by atoms with Gasteiger partial charge in [0.1, 0.15) is 11.4 Å². The third-order valence-electron chi connectivity index (χ3n) is 4.57. The molecule has 2 aromatic carbocycles. The van der Waals surface area contributed by atoms with Crippen molar-refractivity contribution in [1.82, 2.24) is 4.98 Å². The Kier molecular flexibility index (Phi) is 7.11. The Labute approximate surface area is 170 Å². The molecule has 0 radical (unpaired) electrons. The van der Waals surface area contributed by atoms with Gasteiger partial charge in [-0.15, -0.1) is 0 Å². The van der Waals surface area contributed by atoms with E-state index in [2.05, 4.69) is 6.07 Å². The van der Waals surface area contributed by atoms with E-state index in [1.54, 1.807) is 7.11 Å². The Morgan fingerprint density at radius 1 is 0.964 bits per heavy atom. The number of nitriles is 1. The van der Waals surface area contributed by atoms with Gasteiger partial charge in [-0.1, -0.05) is 24.4 Å². The number of unbranched alkanes of at least 4 members (excludes halogenated alkanes) is 4. The van der Waals surface area contributed by atoms with E-state index in [1.807, 2.05) is 48.5 Å². The lowest BCUT2D eigenvalue weighted by atomic mass is 10.1. The van der Waals surface area contributed by atoms with Crippen molar-refractivity contribution < 1.29 is 9.15 Å². The lowest BCUT2D eigenvalue weighted by Crippen LogP contribution is -1.87. The quantitative estimate of drug-likeness (QED) is 0.379. The number of ether oxygens (including phenoxy) is 1. The SMILES string of the molecule is COc1ccc(-c2nc(CCCCCCC#N)oc2-c2ccc(Cl)cc2)cc1. The normalized spacial score (nSPS) is 10.6. The van der Waals surface area contributed by atoms with E-state index in [0.29, 0.717) is 11.4 Å². The van der Waals surface area contributed by atoms with Crippen LogP contribution in [0.2, 0.25) is 5.02 Å². The summed E-state index contributed by atoms with van der Waals surface area (Å²) in [7, 11) is 1.65. The maximum atomic E-state index is 8.61. The van der Waals surface area contributed by atoms with Crippen molar-refractivity contribution in [1.29, 1.82) is 5.26 Å². The summed E-state index contributed by atoms with van der Waals surface area (Å²) >= 11 is 6.03. The molecule has 28 heavy (non-hydrogen) atoms. The maximum Gasteiger partial charge on any atom is 0.195 e. The molecule has 0 amide bonds. The monoisotopic (exact) mass is 394 g/mol. The first-order chi connectivity index (χ1) is 13.7. The first-order valence-corrected chi connectivity index (χ1v) is 9.86. The molecule has 0 aliphatic carbocycles. The van der Waals surface area contributed by atoms with Crippen LogP contribution < -0.4 is 4.74 Å². The summed E-state index contributed by atoms with van der Waals surface area (Å²) in [4.78, 5) is 4.78. The molecule has 0 bridgehead atoms. The minimum atomic E-state index is 0.626. The van der Waals surface area contributed by atoms with Gasteiger partial charge >= 0.3 is 0 Å². The fourth-order valence-electron chi connectivity index (χ4n) is 3.05. The van der Waals surface area contributed by atoms with Crippen LogP contribution in [0.25, 0.3) is 22.6 Å². The Bertz CT molecular complexity index is 925. The van der Waals surface area contributed by atoms with Gasteiger partial charge in [-0.05, 0) is 61.4 Å². The van der Waals surface area contributed by atoms with Gasteiger partial charge in [0, 0.05) is 29.0 Å². The zero-order valence-electron chi connectivity index (χ0n) is 16.0. The number of halogens is 1. The fraction of sp³-hybridized carbons (Fsp3) is 0.304. The molecule has 0 saturated heterocycles. The average molecular weight is 395 g/mol. The largest absolute Gasteiger partial charge is 0.497 e. The minimum absolute atomic E-state index is 0.626. The highest BCUT2D eigenvalue weighted by atomic mass is 35.5. The molecule has 5 heteroatoms. The number of hydrogen-bond donors (Lipinski definition) is 0. The number of methoxy groups -OCH3 is 1. The van der Waals surface area contributed by atoms with E-state index < -0.39 is 0 Å². The summed E-state index contributed by atoms with van der Waals surface area (Å²) in [5.41, 5.74) is 2.75. The van der Waals surface area contributed by atoms with Gasteiger partial charge in [0.2, 0.25) is 0 Å². The second-order valence-corrected chi connectivity index (χ2v) is 7.03. The van der Waals surface area contributed by atoms with Gasteiger partial charge in [-0.3, -0.25) is 0 Å². The molecule has 0 spiro atoms. The van der Waals surface area contributed by atoms with Gasteiger partial charge in [0.15, 0.2) is 11.7 Å². The summed E-state index contributed by atoms with van der Waals surface area (Å²) in [6.07, 6.45) is 5.48. The number of rotatable bonds is 9. The van der Waals surface area contributed by atoms with Crippen molar-refractivity contribution >= 4 is 11.6 Å². The lowest BCUT2D eigenvalue weighted by Gasteiger charge is -2.03. The molecule has 1 aromatic heterocycles. The van der Waals surface area contributed by atoms with Crippen LogP contribution in [0.4, 0.5) is 0 Å². The van der Waals surface area contributed by atoms with E-state index in [0.717, 1.165) is 66.3 Å². The van der Waals surface area contributed by atoms with Gasteiger partial charge in [-0.25, -0.2) is 4.98 Å². The number of hydrogen-bond acceptors (Lipinski definition) is 4. The first-order valence-electron chi connectivity index (χ1n) is 9.48. The number of oxazole rings is 1. The molecule has 0 atom stereocenters. The van der Waals surface area contributed by atoms with Gasteiger partial charge in [0.25, 0.3) is 0 Å². The summed E-state index contributed by atoms with van der Waals surface area (Å²) in [5, 5.41) is 9.30. The van der Waals surface area contributed by atoms with E-state index in [-0.39, 0.29) is 0 Å².